The summed E-state index contributed by atoms with van der Waals surface area (Å²) in [7, 11) is 0. The number of nitrogens with two attached hydrogens (primary N) is 1. The van der Waals surface area contributed by atoms with Gasteiger partial charge in [0.05, 0.1) is 11.4 Å². The summed E-state index contributed by atoms with van der Waals surface area (Å²) in [6.07, 6.45) is 0. The lowest BCUT2D eigenvalue weighted by Gasteiger charge is -2.11. The van der Waals surface area contributed by atoms with E-state index in [4.69, 9.17) is 5.73 Å². The van der Waals surface area contributed by atoms with E-state index in [0.29, 0.717) is 11.6 Å². The molecule has 2 N–H and O–H groups in total. The second kappa shape index (κ2) is 2.79. The molecule has 1 aliphatic rings. The molecule has 4 heteroatoms. The fraction of sp³-hybridized carbons (Fsp3) is 0.125. The first-order valence-corrected chi connectivity index (χ1v) is 4.49. The molecule has 0 bridgehead atoms. The van der Waals surface area contributed by atoms with Gasteiger partial charge in [-0.15, -0.1) is 11.8 Å². The first-order valence-electron chi connectivity index (χ1n) is 3.51. The highest BCUT2D eigenvalue weighted by atomic mass is 32.2. The van der Waals surface area contributed by atoms with Crippen LogP contribution >= 0.6 is 11.8 Å². The second-order valence-corrected chi connectivity index (χ2v) is 3.52. The van der Waals surface area contributed by atoms with Crippen molar-refractivity contribution in [3.8, 4) is 0 Å². The number of rotatable bonds is 0. The Morgan fingerprint density at radius 2 is 2.33 bits per heavy atom. The average molecular weight is 182 g/mol. The van der Waals surface area contributed by atoms with Crippen molar-refractivity contribution >= 4 is 23.3 Å². The second-order valence-electron chi connectivity index (χ2n) is 2.50. The van der Waals surface area contributed by atoms with Gasteiger partial charge in [0.25, 0.3) is 0 Å². The molecule has 0 amide bonds. The third kappa shape index (κ3) is 1.30. The van der Waals surface area contributed by atoms with E-state index in [2.05, 4.69) is 4.99 Å². The van der Waals surface area contributed by atoms with E-state index in [-0.39, 0.29) is 5.82 Å². The number of thioether (sulfide) groups is 1. The quantitative estimate of drug-likeness (QED) is 0.665. The number of hydrogen-bond donors (Lipinski definition) is 1. The van der Waals surface area contributed by atoms with Gasteiger partial charge in [0.1, 0.15) is 11.7 Å². The molecule has 0 saturated carbocycles. The van der Waals surface area contributed by atoms with E-state index >= 15 is 0 Å². The van der Waals surface area contributed by atoms with Crippen LogP contribution < -0.4 is 5.73 Å². The highest BCUT2D eigenvalue weighted by molar-refractivity contribution is 8.00. The van der Waals surface area contributed by atoms with Gasteiger partial charge in [0.15, 0.2) is 0 Å². The highest BCUT2D eigenvalue weighted by Gasteiger charge is 2.10. The van der Waals surface area contributed by atoms with E-state index < -0.39 is 0 Å². The lowest BCUT2D eigenvalue weighted by molar-refractivity contribution is 0.624. The average Bonchev–Trinajstić information content (AvgIpc) is 2.05. The third-order valence-electron chi connectivity index (χ3n) is 1.56. The van der Waals surface area contributed by atoms with Crippen LogP contribution in [0.15, 0.2) is 28.1 Å². The minimum absolute atomic E-state index is 0.225. The lowest BCUT2D eigenvalue weighted by atomic mass is 10.3. The van der Waals surface area contributed by atoms with Gasteiger partial charge in [-0.2, -0.15) is 0 Å². The fourth-order valence-electron chi connectivity index (χ4n) is 1.03. The Hall–Kier alpha value is -1.03. The Bertz CT molecular complexity index is 349. The number of halogens is 1. The predicted octanol–water partition coefficient (Wildman–Crippen LogP) is 1.92. The third-order valence-corrected chi connectivity index (χ3v) is 2.64. The van der Waals surface area contributed by atoms with Gasteiger partial charge in [-0.25, -0.2) is 9.38 Å². The minimum Gasteiger partial charge on any atom is -0.386 e. The van der Waals surface area contributed by atoms with Gasteiger partial charge >= 0.3 is 0 Å². The Labute approximate surface area is 73.7 Å². The largest absolute Gasteiger partial charge is 0.386 e. The van der Waals surface area contributed by atoms with Crippen LogP contribution in [-0.4, -0.2) is 11.6 Å². The molecule has 1 aromatic carbocycles. The van der Waals surface area contributed by atoms with Crippen molar-refractivity contribution in [2.45, 2.75) is 4.90 Å². The molecule has 0 aromatic heterocycles. The summed E-state index contributed by atoms with van der Waals surface area (Å²) in [5.74, 6) is 1.02. The maximum absolute atomic E-state index is 12.7. The molecular formula is C8H7FN2S. The molecule has 0 atom stereocenters. The molecule has 1 aromatic rings. The minimum atomic E-state index is -0.225. The van der Waals surface area contributed by atoms with Gasteiger partial charge in [-0.3, -0.25) is 0 Å². The van der Waals surface area contributed by atoms with Gasteiger partial charge in [-0.1, -0.05) is 0 Å². The van der Waals surface area contributed by atoms with Gasteiger partial charge in [-0.05, 0) is 18.2 Å². The molecule has 0 spiro atoms. The zero-order valence-corrected chi connectivity index (χ0v) is 7.07. The van der Waals surface area contributed by atoms with Crippen LogP contribution in [0.4, 0.5) is 10.1 Å². The summed E-state index contributed by atoms with van der Waals surface area (Å²) < 4.78 is 12.7. The van der Waals surface area contributed by atoms with Crippen molar-refractivity contribution in [3.63, 3.8) is 0 Å². The zero-order chi connectivity index (χ0) is 8.55. The van der Waals surface area contributed by atoms with Crippen LogP contribution in [0.3, 0.4) is 0 Å². The van der Waals surface area contributed by atoms with E-state index in [1.165, 1.54) is 23.9 Å². The summed E-state index contributed by atoms with van der Waals surface area (Å²) >= 11 is 1.52. The fourth-order valence-corrected chi connectivity index (χ4v) is 1.86. The van der Waals surface area contributed by atoms with Gasteiger partial charge in [0.2, 0.25) is 0 Å². The van der Waals surface area contributed by atoms with E-state index in [0.717, 1.165) is 10.6 Å². The molecule has 0 unspecified atom stereocenters. The van der Waals surface area contributed by atoms with Crippen LogP contribution in [0, 0.1) is 5.82 Å². The Balaban J connectivity index is 2.51. The van der Waals surface area contributed by atoms with Crippen LogP contribution in [0.5, 0.6) is 0 Å². The summed E-state index contributed by atoms with van der Waals surface area (Å²) in [5, 5.41) is 0. The first-order chi connectivity index (χ1) is 5.75. The summed E-state index contributed by atoms with van der Waals surface area (Å²) in [4.78, 5) is 4.96. The Kier molecular flexibility index (Phi) is 1.77. The standard InChI is InChI=1S/C8H7FN2S/c9-5-1-2-6-7(3-5)12-4-8(10)11-6/h1-3H,4H2,(H2,10,11). The number of aliphatic imine (C=N–C) groups is 1. The highest BCUT2D eigenvalue weighted by Crippen LogP contribution is 2.33. The smallest absolute Gasteiger partial charge is 0.124 e. The summed E-state index contributed by atoms with van der Waals surface area (Å²) in [6.45, 7) is 0. The van der Waals surface area contributed by atoms with E-state index in [1.54, 1.807) is 6.07 Å². The number of hydrogen-bond acceptors (Lipinski definition) is 3. The molecule has 62 valence electrons. The molecule has 2 rings (SSSR count). The zero-order valence-electron chi connectivity index (χ0n) is 6.25. The van der Waals surface area contributed by atoms with Crippen molar-refractivity contribution in [1.29, 1.82) is 0 Å². The maximum atomic E-state index is 12.7. The van der Waals surface area contributed by atoms with Crippen LogP contribution in [-0.2, 0) is 0 Å². The number of fused-ring (bicyclic) bond motifs is 1. The van der Waals surface area contributed by atoms with Crippen molar-refractivity contribution in [2.75, 3.05) is 5.75 Å². The molecule has 2 nitrogen and oxygen atoms in total. The molecule has 12 heavy (non-hydrogen) atoms. The van der Waals surface area contributed by atoms with Crippen LogP contribution in [0.2, 0.25) is 0 Å². The molecule has 0 aliphatic carbocycles. The Morgan fingerprint density at radius 1 is 1.50 bits per heavy atom. The summed E-state index contributed by atoms with van der Waals surface area (Å²) in [6, 6.07) is 4.52. The van der Waals surface area contributed by atoms with Crippen molar-refractivity contribution < 1.29 is 4.39 Å². The van der Waals surface area contributed by atoms with E-state index in [9.17, 15) is 4.39 Å². The topological polar surface area (TPSA) is 38.4 Å². The molecule has 0 saturated heterocycles. The number of benzene rings is 1. The van der Waals surface area contributed by atoms with Crippen molar-refractivity contribution in [1.82, 2.24) is 0 Å². The SMILES string of the molecule is NC1=Nc2ccc(F)cc2SC1. The normalized spacial score (nSPS) is 15.2. The maximum Gasteiger partial charge on any atom is 0.124 e. The van der Waals surface area contributed by atoms with Crippen molar-refractivity contribution in [3.05, 3.63) is 24.0 Å². The predicted molar refractivity (Wildman–Crippen MR) is 48.4 cm³/mol. The number of amidine groups is 1. The van der Waals surface area contributed by atoms with Crippen LogP contribution in [0.1, 0.15) is 0 Å². The molecular weight excluding hydrogens is 175 g/mol. The monoisotopic (exact) mass is 182 g/mol. The molecule has 1 aliphatic heterocycles. The molecule has 0 radical (unpaired) electrons. The van der Waals surface area contributed by atoms with E-state index in [1.807, 2.05) is 0 Å². The number of nitrogens with zero attached hydrogens (tertiary/aromatic N) is 1. The molecule has 0 fully saturated rings. The van der Waals surface area contributed by atoms with Gasteiger partial charge < -0.3 is 5.73 Å². The molecule has 1 heterocycles. The summed E-state index contributed by atoms with van der Waals surface area (Å²) in [5.41, 5.74) is 6.29. The Morgan fingerprint density at radius 3 is 3.17 bits per heavy atom. The van der Waals surface area contributed by atoms with Crippen LogP contribution in [0.25, 0.3) is 0 Å². The van der Waals surface area contributed by atoms with Gasteiger partial charge in [0, 0.05) is 4.90 Å². The lowest BCUT2D eigenvalue weighted by Crippen LogP contribution is -2.16. The van der Waals surface area contributed by atoms with Crippen molar-refractivity contribution in [2.24, 2.45) is 10.7 Å². The first kappa shape index (κ1) is 7.61.